The van der Waals surface area contributed by atoms with Crippen LogP contribution in [0.15, 0.2) is 18.3 Å². The fourth-order valence-electron chi connectivity index (χ4n) is 2.20. The molecule has 1 amide bonds. The molecule has 0 spiro atoms. The molecule has 2 rings (SSSR count). The van der Waals surface area contributed by atoms with Crippen LogP contribution in [0.5, 0.6) is 0 Å². The molecule has 2 aromatic rings. The predicted molar refractivity (Wildman–Crippen MR) is 100 cm³/mol. The quantitative estimate of drug-likeness (QED) is 0.340. The molecule has 1 aromatic carbocycles. The van der Waals surface area contributed by atoms with Crippen LogP contribution in [0, 0.1) is 10.1 Å². The Bertz CT molecular complexity index is 975. The number of anilines is 1. The lowest BCUT2D eigenvalue weighted by molar-refractivity contribution is -0.384. The molecule has 14 heteroatoms. The van der Waals surface area contributed by atoms with Gasteiger partial charge in [-0.2, -0.15) is 18.3 Å². The molecular weight excluding hydrogens is 459 g/mol. The summed E-state index contributed by atoms with van der Waals surface area (Å²) in [5.41, 5.74) is -2.10. The second-order valence-corrected chi connectivity index (χ2v) is 7.99. The molecule has 1 atom stereocenters. The molecular formula is C15H12Cl2F3N4O4P. The van der Waals surface area contributed by atoms with Gasteiger partial charge >= 0.3 is 11.9 Å². The summed E-state index contributed by atoms with van der Waals surface area (Å²) in [6, 6.07) is 1.16. The van der Waals surface area contributed by atoms with Gasteiger partial charge in [-0.3, -0.25) is 19.5 Å². The molecule has 1 aromatic heterocycles. The number of benzene rings is 1. The number of hydrogen-bond donors (Lipinski definition) is 1. The van der Waals surface area contributed by atoms with Crippen molar-refractivity contribution in [2.45, 2.75) is 31.6 Å². The summed E-state index contributed by atoms with van der Waals surface area (Å²) in [7, 11) is -0.532. The first-order chi connectivity index (χ1) is 13.4. The minimum Gasteiger partial charge on any atom is -0.304 e. The van der Waals surface area contributed by atoms with E-state index < -0.39 is 57.7 Å². The lowest BCUT2D eigenvalue weighted by Gasteiger charge is -2.19. The Balaban J connectivity index is 2.66. The van der Waals surface area contributed by atoms with Crippen molar-refractivity contribution in [2.75, 3.05) is 5.32 Å². The highest BCUT2D eigenvalue weighted by Gasteiger charge is 2.36. The largest absolute Gasteiger partial charge is 0.416 e. The zero-order valence-electron chi connectivity index (χ0n) is 14.8. The number of amides is 1. The highest BCUT2D eigenvalue weighted by molar-refractivity contribution is 7.27. The first-order valence-corrected chi connectivity index (χ1v) is 9.37. The van der Waals surface area contributed by atoms with Crippen molar-refractivity contribution in [3.8, 4) is 5.69 Å². The van der Waals surface area contributed by atoms with Crippen molar-refractivity contribution in [1.29, 1.82) is 0 Å². The van der Waals surface area contributed by atoms with Gasteiger partial charge in [-0.1, -0.05) is 30.1 Å². The SMILES string of the molecule is CCC(C)(P=O)C(=O)Nc1c([N+](=O)[O-])cnn1-c1c(Cl)cc(C(F)(F)F)cc1Cl. The van der Waals surface area contributed by atoms with Gasteiger partial charge in [0.1, 0.15) is 17.0 Å². The average Bonchev–Trinajstić information content (AvgIpc) is 3.03. The van der Waals surface area contributed by atoms with Gasteiger partial charge in [-0.15, -0.1) is 0 Å². The Morgan fingerprint density at radius 1 is 1.34 bits per heavy atom. The fraction of sp³-hybridized carbons (Fsp3) is 0.333. The van der Waals surface area contributed by atoms with Crippen LogP contribution in [0.3, 0.4) is 0 Å². The third kappa shape index (κ3) is 4.52. The number of nitro groups is 1. The van der Waals surface area contributed by atoms with Crippen molar-refractivity contribution in [3.05, 3.63) is 44.1 Å². The number of halogens is 5. The van der Waals surface area contributed by atoms with Crippen molar-refractivity contribution in [3.63, 3.8) is 0 Å². The van der Waals surface area contributed by atoms with Crippen LogP contribution < -0.4 is 5.32 Å². The van der Waals surface area contributed by atoms with Gasteiger partial charge in [0.15, 0.2) is 8.46 Å². The molecule has 0 fully saturated rings. The summed E-state index contributed by atoms with van der Waals surface area (Å²) in [6.45, 7) is 2.95. The Morgan fingerprint density at radius 2 is 1.90 bits per heavy atom. The van der Waals surface area contributed by atoms with Crippen LogP contribution in [0.25, 0.3) is 5.69 Å². The van der Waals surface area contributed by atoms with Crippen LogP contribution in [0.4, 0.5) is 24.7 Å². The third-order valence-electron chi connectivity index (χ3n) is 4.11. The van der Waals surface area contributed by atoms with Gasteiger partial charge in [0.05, 0.1) is 20.5 Å². The zero-order valence-corrected chi connectivity index (χ0v) is 17.2. The molecule has 0 radical (unpaired) electrons. The van der Waals surface area contributed by atoms with Gasteiger partial charge in [0.25, 0.3) is 0 Å². The highest BCUT2D eigenvalue weighted by atomic mass is 35.5. The number of aromatic nitrogens is 2. The molecule has 0 aliphatic rings. The molecule has 8 nitrogen and oxygen atoms in total. The Labute approximate surface area is 173 Å². The molecule has 1 heterocycles. The van der Waals surface area contributed by atoms with Gasteiger partial charge in [0, 0.05) is 0 Å². The van der Waals surface area contributed by atoms with E-state index in [9.17, 15) is 32.6 Å². The molecule has 1 unspecified atom stereocenters. The van der Waals surface area contributed by atoms with Crippen LogP contribution in [0.1, 0.15) is 25.8 Å². The number of nitrogens with one attached hydrogen (secondary N) is 1. The van der Waals surface area contributed by atoms with Gasteiger partial charge in [-0.25, -0.2) is 4.68 Å². The van der Waals surface area contributed by atoms with E-state index in [-0.39, 0.29) is 12.1 Å². The third-order valence-corrected chi connectivity index (χ3v) is 5.61. The predicted octanol–water partition coefficient (Wildman–Crippen LogP) is 5.51. The summed E-state index contributed by atoms with van der Waals surface area (Å²) >= 11 is 11.9. The number of nitrogens with zero attached hydrogens (tertiary/aromatic N) is 3. The molecule has 0 bridgehead atoms. The lowest BCUT2D eigenvalue weighted by Crippen LogP contribution is -2.35. The number of alkyl halides is 3. The van der Waals surface area contributed by atoms with Gasteiger partial charge in [-0.05, 0) is 25.5 Å². The van der Waals surface area contributed by atoms with E-state index in [1.165, 1.54) is 6.92 Å². The maximum Gasteiger partial charge on any atom is 0.416 e. The summed E-state index contributed by atoms with van der Waals surface area (Å²) in [5.74, 6) is -1.33. The Morgan fingerprint density at radius 3 is 2.31 bits per heavy atom. The summed E-state index contributed by atoms with van der Waals surface area (Å²) in [4.78, 5) is 23.0. The fourth-order valence-corrected chi connectivity index (χ4v) is 3.12. The Hall–Kier alpha value is -2.23. The van der Waals surface area contributed by atoms with Crippen molar-refractivity contribution >= 4 is 49.1 Å². The smallest absolute Gasteiger partial charge is 0.304 e. The molecule has 0 saturated heterocycles. The van der Waals surface area contributed by atoms with Crippen molar-refractivity contribution in [1.82, 2.24) is 9.78 Å². The normalized spacial score (nSPS) is 13.9. The second kappa shape index (κ2) is 8.25. The lowest BCUT2D eigenvalue weighted by atomic mass is 10.1. The van der Waals surface area contributed by atoms with E-state index >= 15 is 0 Å². The number of carbonyl (C=O) groups is 1. The van der Waals surface area contributed by atoms with E-state index in [2.05, 4.69) is 10.4 Å². The average molecular weight is 471 g/mol. The van der Waals surface area contributed by atoms with E-state index in [1.54, 1.807) is 6.92 Å². The number of carbonyl (C=O) groups excluding carboxylic acids is 1. The van der Waals surface area contributed by atoms with Crippen LogP contribution in [-0.4, -0.2) is 25.8 Å². The number of rotatable bonds is 6. The molecule has 29 heavy (non-hydrogen) atoms. The number of hydrogen-bond acceptors (Lipinski definition) is 5. The van der Waals surface area contributed by atoms with Crippen molar-refractivity contribution < 1.29 is 27.5 Å². The highest BCUT2D eigenvalue weighted by Crippen LogP contribution is 2.40. The van der Waals surface area contributed by atoms with E-state index in [1.807, 2.05) is 0 Å². The topological polar surface area (TPSA) is 107 Å². The minimum absolute atomic E-state index is 0.133. The van der Waals surface area contributed by atoms with Gasteiger partial charge < -0.3 is 5.32 Å². The van der Waals surface area contributed by atoms with Crippen LogP contribution in [-0.2, 0) is 15.5 Å². The maximum atomic E-state index is 12.9. The van der Waals surface area contributed by atoms with Crippen molar-refractivity contribution in [2.24, 2.45) is 0 Å². The first-order valence-electron chi connectivity index (χ1n) is 7.80. The molecule has 0 saturated carbocycles. The maximum absolute atomic E-state index is 12.9. The molecule has 1 N–H and O–H groups in total. The standard InChI is InChI=1S/C15H12Cl2F3N4O4P/c1-3-14(2,29-28)13(25)22-12-10(24(26)27)6-21-23(12)11-8(16)4-7(5-9(11)17)15(18,19)20/h4-6H,3H2,1-2H3,(H,22,25). The van der Waals surface area contributed by atoms with Gasteiger partial charge in [0.2, 0.25) is 11.7 Å². The van der Waals surface area contributed by atoms with Crippen LogP contribution in [0.2, 0.25) is 10.0 Å². The monoisotopic (exact) mass is 470 g/mol. The van der Waals surface area contributed by atoms with E-state index in [0.29, 0.717) is 12.1 Å². The Kier molecular flexibility index (Phi) is 6.56. The zero-order chi connectivity index (χ0) is 22.1. The summed E-state index contributed by atoms with van der Waals surface area (Å²) in [5, 5.41) is 14.9. The van der Waals surface area contributed by atoms with E-state index in [0.717, 1.165) is 10.9 Å². The minimum atomic E-state index is -4.73. The molecule has 156 valence electrons. The second-order valence-electron chi connectivity index (χ2n) is 6.01. The van der Waals surface area contributed by atoms with Crippen LogP contribution >= 0.6 is 31.7 Å². The summed E-state index contributed by atoms with van der Waals surface area (Å²) < 4.78 is 50.9. The van der Waals surface area contributed by atoms with E-state index in [4.69, 9.17) is 23.2 Å². The molecule has 0 aliphatic carbocycles. The molecule has 0 aliphatic heterocycles. The summed E-state index contributed by atoms with van der Waals surface area (Å²) in [6.07, 6.45) is -3.82. The first kappa shape index (κ1) is 23.1.